The number of ether oxygens (including phenoxy) is 2. The fourth-order valence-corrected chi connectivity index (χ4v) is 3.63. The highest BCUT2D eigenvalue weighted by Gasteiger charge is 2.48. The van der Waals surface area contributed by atoms with Crippen molar-refractivity contribution in [3.8, 4) is 11.5 Å². The Labute approximate surface area is 197 Å². The SMILES string of the molecule is CC(CCc1ccc(O)cc1)NCC(O)c1ccc(O[C@@H]2O[C@H](C(=O)O)[C@@H](O)[C@H](O)[C@H]2O)cc1. The van der Waals surface area contributed by atoms with E-state index in [1.54, 1.807) is 24.3 Å². The van der Waals surface area contributed by atoms with Crippen molar-refractivity contribution in [3.05, 3.63) is 59.7 Å². The zero-order valence-corrected chi connectivity index (χ0v) is 18.7. The lowest BCUT2D eigenvalue weighted by Crippen LogP contribution is -2.61. The molecular formula is C24H31NO9. The first-order valence-corrected chi connectivity index (χ1v) is 11.0. The summed E-state index contributed by atoms with van der Waals surface area (Å²) in [5.74, 6) is -1.03. The van der Waals surface area contributed by atoms with Crippen LogP contribution in [0.2, 0.25) is 0 Å². The molecule has 10 nitrogen and oxygen atoms in total. The molecular weight excluding hydrogens is 446 g/mol. The average molecular weight is 478 g/mol. The largest absolute Gasteiger partial charge is 0.508 e. The molecule has 2 aromatic carbocycles. The smallest absolute Gasteiger partial charge is 0.335 e. The molecule has 2 unspecified atom stereocenters. The van der Waals surface area contributed by atoms with Gasteiger partial charge in [-0.2, -0.15) is 0 Å². The lowest BCUT2D eigenvalue weighted by molar-refractivity contribution is -0.271. The van der Waals surface area contributed by atoms with E-state index in [2.05, 4.69) is 5.32 Å². The zero-order chi connectivity index (χ0) is 24.8. The van der Waals surface area contributed by atoms with E-state index in [9.17, 15) is 30.3 Å². The number of rotatable bonds is 10. The maximum Gasteiger partial charge on any atom is 0.335 e. The van der Waals surface area contributed by atoms with E-state index in [0.29, 0.717) is 12.1 Å². The number of hydrogen-bond donors (Lipinski definition) is 7. The van der Waals surface area contributed by atoms with Gasteiger partial charge in [-0.05, 0) is 55.2 Å². The predicted octanol–water partition coefficient (Wildman–Crippen LogP) is 0.307. The lowest BCUT2D eigenvalue weighted by Gasteiger charge is -2.38. The monoisotopic (exact) mass is 477 g/mol. The molecule has 0 aromatic heterocycles. The Morgan fingerprint density at radius 3 is 2.29 bits per heavy atom. The first kappa shape index (κ1) is 25.9. The third-order valence-electron chi connectivity index (χ3n) is 5.79. The predicted molar refractivity (Wildman–Crippen MR) is 120 cm³/mol. The topological polar surface area (TPSA) is 169 Å². The van der Waals surface area contributed by atoms with Gasteiger partial charge in [-0.15, -0.1) is 0 Å². The lowest BCUT2D eigenvalue weighted by atomic mass is 9.99. The Morgan fingerprint density at radius 2 is 1.68 bits per heavy atom. The number of carboxylic acid groups (broad SMARTS) is 1. The highest BCUT2D eigenvalue weighted by molar-refractivity contribution is 5.73. The molecule has 0 radical (unpaired) electrons. The highest BCUT2D eigenvalue weighted by atomic mass is 16.7. The third-order valence-corrected chi connectivity index (χ3v) is 5.79. The number of benzene rings is 2. The number of phenolic OH excluding ortho intramolecular Hbond substituents is 1. The van der Waals surface area contributed by atoms with Crippen LogP contribution in [0.1, 0.15) is 30.6 Å². The van der Waals surface area contributed by atoms with Gasteiger partial charge in [-0.3, -0.25) is 0 Å². The molecule has 7 N–H and O–H groups in total. The molecule has 0 amide bonds. The molecule has 7 atom stereocenters. The zero-order valence-electron chi connectivity index (χ0n) is 18.7. The minimum absolute atomic E-state index is 0.153. The summed E-state index contributed by atoms with van der Waals surface area (Å²) in [4.78, 5) is 11.2. The van der Waals surface area contributed by atoms with E-state index in [1.165, 1.54) is 12.1 Å². The number of hydrogen-bond acceptors (Lipinski definition) is 9. The molecule has 0 aliphatic carbocycles. The quantitative estimate of drug-likeness (QED) is 0.253. The van der Waals surface area contributed by atoms with E-state index in [-0.39, 0.29) is 17.5 Å². The first-order valence-electron chi connectivity index (χ1n) is 11.0. The summed E-state index contributed by atoms with van der Waals surface area (Å²) < 4.78 is 10.6. The summed E-state index contributed by atoms with van der Waals surface area (Å²) in [7, 11) is 0. The minimum atomic E-state index is -1.79. The summed E-state index contributed by atoms with van der Waals surface area (Å²) in [5.41, 5.74) is 1.74. The first-order chi connectivity index (χ1) is 16.2. The van der Waals surface area contributed by atoms with Crippen molar-refractivity contribution in [1.29, 1.82) is 0 Å². The van der Waals surface area contributed by atoms with Gasteiger partial charge >= 0.3 is 5.97 Å². The van der Waals surface area contributed by atoms with Crippen molar-refractivity contribution in [2.45, 2.75) is 62.6 Å². The van der Waals surface area contributed by atoms with Gasteiger partial charge in [0.1, 0.15) is 29.8 Å². The van der Waals surface area contributed by atoms with Crippen LogP contribution in [-0.4, -0.2) is 79.9 Å². The number of carboxylic acids is 1. The molecule has 1 aliphatic rings. The maximum absolute atomic E-state index is 11.2. The second-order valence-corrected chi connectivity index (χ2v) is 8.45. The number of aliphatic carboxylic acids is 1. The van der Waals surface area contributed by atoms with Crippen molar-refractivity contribution < 1.29 is 44.9 Å². The molecule has 1 aliphatic heterocycles. The second kappa shape index (κ2) is 11.6. The van der Waals surface area contributed by atoms with Crippen LogP contribution in [0.3, 0.4) is 0 Å². The van der Waals surface area contributed by atoms with Gasteiger partial charge < -0.3 is 45.4 Å². The maximum atomic E-state index is 11.2. The fraction of sp³-hybridized carbons (Fsp3) is 0.458. The molecule has 0 spiro atoms. The summed E-state index contributed by atoms with van der Waals surface area (Å²) in [5, 5.41) is 61.9. The van der Waals surface area contributed by atoms with Gasteiger partial charge in [0.2, 0.25) is 6.29 Å². The van der Waals surface area contributed by atoms with Crippen molar-refractivity contribution >= 4 is 5.97 Å². The van der Waals surface area contributed by atoms with Crippen LogP contribution in [-0.2, 0) is 16.0 Å². The third kappa shape index (κ3) is 6.66. The van der Waals surface area contributed by atoms with Gasteiger partial charge in [0.05, 0.1) is 6.10 Å². The van der Waals surface area contributed by atoms with E-state index < -0.39 is 42.8 Å². The number of aliphatic hydroxyl groups is 4. The van der Waals surface area contributed by atoms with Crippen LogP contribution < -0.4 is 10.1 Å². The molecule has 34 heavy (non-hydrogen) atoms. The van der Waals surface area contributed by atoms with Crippen LogP contribution in [0.5, 0.6) is 11.5 Å². The van der Waals surface area contributed by atoms with Crippen LogP contribution in [0.25, 0.3) is 0 Å². The number of aromatic hydroxyl groups is 1. The van der Waals surface area contributed by atoms with Crippen molar-refractivity contribution in [2.75, 3.05) is 6.54 Å². The molecule has 10 heteroatoms. The summed E-state index contributed by atoms with van der Waals surface area (Å²) in [6.07, 6.45) is -7.52. The van der Waals surface area contributed by atoms with Crippen LogP contribution >= 0.6 is 0 Å². The molecule has 0 saturated carbocycles. The van der Waals surface area contributed by atoms with Crippen molar-refractivity contribution in [3.63, 3.8) is 0 Å². The van der Waals surface area contributed by atoms with Crippen LogP contribution in [0.15, 0.2) is 48.5 Å². The van der Waals surface area contributed by atoms with Crippen LogP contribution in [0.4, 0.5) is 0 Å². The highest BCUT2D eigenvalue weighted by Crippen LogP contribution is 2.25. The number of phenols is 1. The van der Waals surface area contributed by atoms with Crippen LogP contribution in [0, 0.1) is 0 Å². The van der Waals surface area contributed by atoms with E-state index in [0.717, 1.165) is 18.4 Å². The Kier molecular flexibility index (Phi) is 8.84. The van der Waals surface area contributed by atoms with E-state index >= 15 is 0 Å². The molecule has 2 aromatic rings. The summed E-state index contributed by atoms with van der Waals surface area (Å²) >= 11 is 0. The Hall–Kier alpha value is -2.73. The van der Waals surface area contributed by atoms with E-state index in [1.807, 2.05) is 19.1 Å². The molecule has 1 fully saturated rings. The van der Waals surface area contributed by atoms with Gasteiger partial charge in [-0.1, -0.05) is 24.3 Å². The number of carbonyl (C=O) groups is 1. The molecule has 0 bridgehead atoms. The number of aliphatic hydroxyl groups excluding tert-OH is 4. The van der Waals surface area contributed by atoms with E-state index in [4.69, 9.17) is 14.6 Å². The molecule has 1 saturated heterocycles. The fourth-order valence-electron chi connectivity index (χ4n) is 3.63. The Balaban J connectivity index is 1.48. The van der Waals surface area contributed by atoms with Crippen molar-refractivity contribution in [2.24, 2.45) is 0 Å². The standard InChI is InChI=1S/C24H31NO9/c1-13(2-3-14-4-8-16(26)9-5-14)25-12-18(27)15-6-10-17(11-7-15)33-24-21(30)19(28)20(29)22(34-24)23(31)32/h4-11,13,18-22,24-30H,2-3,12H2,1H3,(H,31,32)/t13?,18?,19-,20-,21+,22-,24+/m0/s1. The Morgan fingerprint density at radius 1 is 1.03 bits per heavy atom. The van der Waals surface area contributed by atoms with Gasteiger partial charge in [0, 0.05) is 12.6 Å². The minimum Gasteiger partial charge on any atom is -0.508 e. The van der Waals surface area contributed by atoms with Gasteiger partial charge in [0.25, 0.3) is 0 Å². The summed E-state index contributed by atoms with van der Waals surface area (Å²) in [6.45, 7) is 2.35. The molecule has 1 heterocycles. The molecule has 186 valence electrons. The number of nitrogens with one attached hydrogen (secondary N) is 1. The number of aryl methyl sites for hydroxylation is 1. The van der Waals surface area contributed by atoms with Gasteiger partial charge in [0.15, 0.2) is 6.10 Å². The average Bonchev–Trinajstić information content (AvgIpc) is 2.82. The second-order valence-electron chi connectivity index (χ2n) is 8.45. The van der Waals surface area contributed by atoms with Crippen molar-refractivity contribution in [1.82, 2.24) is 5.32 Å². The Bertz CT molecular complexity index is 921. The molecule has 3 rings (SSSR count). The normalized spacial score (nSPS) is 26.6. The summed E-state index contributed by atoms with van der Waals surface area (Å²) in [6, 6.07) is 13.5. The van der Waals surface area contributed by atoms with Gasteiger partial charge in [-0.25, -0.2) is 4.79 Å².